The number of fused-ring (bicyclic) bond motifs is 1. The van der Waals surface area contributed by atoms with Crippen LogP contribution in [0.3, 0.4) is 0 Å². The molecule has 0 bridgehead atoms. The van der Waals surface area contributed by atoms with Crippen LogP contribution in [0.4, 0.5) is 10.5 Å². The summed E-state index contributed by atoms with van der Waals surface area (Å²) in [5, 5.41) is 5.13. The van der Waals surface area contributed by atoms with Gasteiger partial charge >= 0.3 is 6.03 Å². The van der Waals surface area contributed by atoms with Crippen molar-refractivity contribution >= 4 is 52.0 Å². The minimum atomic E-state index is -0.831. The first kappa shape index (κ1) is 28.7. The number of barbiturate groups is 1. The number of urea groups is 1. The van der Waals surface area contributed by atoms with E-state index in [1.54, 1.807) is 54.6 Å². The van der Waals surface area contributed by atoms with Gasteiger partial charge in [0.2, 0.25) is 0 Å². The number of carbonyl (C=O) groups is 3. The van der Waals surface area contributed by atoms with Gasteiger partial charge in [-0.1, -0.05) is 78.3 Å². The zero-order chi connectivity index (χ0) is 30.6. The summed E-state index contributed by atoms with van der Waals surface area (Å²) in [6.45, 7) is 2.65. The number of nitrogens with one attached hydrogen (secondary N) is 1. The van der Waals surface area contributed by atoms with Gasteiger partial charge in [0.1, 0.15) is 30.3 Å². The quantitative estimate of drug-likeness (QED) is 0.146. The number of hydrogen-bond donors (Lipinski definition) is 1. The number of halogens is 1. The van der Waals surface area contributed by atoms with Gasteiger partial charge in [0.15, 0.2) is 0 Å². The van der Waals surface area contributed by atoms with Crippen LogP contribution in [0.15, 0.2) is 115 Å². The number of aryl methyl sites for hydroxylation is 1. The average molecular weight is 603 g/mol. The first-order chi connectivity index (χ1) is 21.4. The molecule has 0 aliphatic carbocycles. The summed E-state index contributed by atoms with van der Waals surface area (Å²) in [6.07, 6.45) is 1.45. The fourth-order valence-corrected chi connectivity index (χ4v) is 5.13. The minimum Gasteiger partial charge on any atom is -0.489 e. The smallest absolute Gasteiger partial charge is 0.335 e. The lowest BCUT2D eigenvalue weighted by molar-refractivity contribution is -0.122. The number of hydrogen-bond acceptors (Lipinski definition) is 5. The van der Waals surface area contributed by atoms with Crippen molar-refractivity contribution in [2.45, 2.75) is 20.1 Å². The summed E-state index contributed by atoms with van der Waals surface area (Å²) >= 11 is 5.94. The first-order valence-electron chi connectivity index (χ1n) is 14.0. The van der Waals surface area contributed by atoms with E-state index in [0.29, 0.717) is 41.0 Å². The molecule has 218 valence electrons. The van der Waals surface area contributed by atoms with Gasteiger partial charge in [-0.15, -0.1) is 0 Å². The van der Waals surface area contributed by atoms with Gasteiger partial charge in [-0.25, -0.2) is 9.69 Å². The molecule has 1 saturated heterocycles. The number of amides is 4. The lowest BCUT2D eigenvalue weighted by Crippen LogP contribution is -2.54. The summed E-state index contributed by atoms with van der Waals surface area (Å²) in [4.78, 5) is 40.1. The van der Waals surface area contributed by atoms with Crippen LogP contribution in [0, 0.1) is 6.92 Å². The molecule has 44 heavy (non-hydrogen) atoms. The van der Waals surface area contributed by atoms with Crippen LogP contribution >= 0.6 is 11.6 Å². The minimum absolute atomic E-state index is 0.190. The van der Waals surface area contributed by atoms with Crippen molar-refractivity contribution in [3.63, 3.8) is 0 Å². The highest BCUT2D eigenvalue weighted by atomic mass is 35.5. The molecule has 4 amide bonds. The summed E-state index contributed by atoms with van der Waals surface area (Å²) in [6, 6.07) is 32.4. The molecule has 0 spiro atoms. The van der Waals surface area contributed by atoms with E-state index in [9.17, 15) is 14.4 Å². The van der Waals surface area contributed by atoms with Crippen LogP contribution in [-0.4, -0.2) is 17.8 Å². The van der Waals surface area contributed by atoms with Gasteiger partial charge in [0.05, 0.1) is 5.69 Å². The van der Waals surface area contributed by atoms with Crippen LogP contribution in [-0.2, 0) is 22.8 Å². The zero-order valence-corrected chi connectivity index (χ0v) is 24.5. The third-order valence-corrected chi connectivity index (χ3v) is 7.63. The molecule has 1 aliphatic rings. The molecule has 5 aromatic rings. The predicted molar refractivity (Wildman–Crippen MR) is 171 cm³/mol. The molecule has 6 rings (SSSR count). The van der Waals surface area contributed by atoms with Crippen LogP contribution in [0.1, 0.15) is 22.3 Å². The molecular weight excluding hydrogens is 576 g/mol. The van der Waals surface area contributed by atoms with Crippen molar-refractivity contribution in [3.8, 4) is 11.5 Å². The van der Waals surface area contributed by atoms with Crippen molar-refractivity contribution in [1.29, 1.82) is 0 Å². The van der Waals surface area contributed by atoms with E-state index >= 15 is 0 Å². The van der Waals surface area contributed by atoms with Crippen molar-refractivity contribution in [2.24, 2.45) is 0 Å². The molecule has 1 heterocycles. The molecular formula is C36H27ClN2O5. The molecule has 0 atom stereocenters. The number of benzene rings is 5. The standard InChI is InChI=1S/C36H27ClN2O5/c1-23-10-13-25-6-2-4-8-30(25)32(23)22-44-33-9-5-3-7-26(33)20-31-34(40)38-36(42)39(35(31)41)28-16-18-29(19-17-28)43-21-24-11-14-27(37)15-12-24/h2-20H,21-22H2,1H3,(H,38,40,42)/b31-20+. The number of para-hydroxylation sites is 1. The highest BCUT2D eigenvalue weighted by Crippen LogP contribution is 2.29. The van der Waals surface area contributed by atoms with E-state index in [-0.39, 0.29) is 5.57 Å². The van der Waals surface area contributed by atoms with E-state index in [1.807, 2.05) is 37.3 Å². The van der Waals surface area contributed by atoms with E-state index in [4.69, 9.17) is 21.1 Å². The number of rotatable bonds is 8. The Morgan fingerprint density at radius 1 is 0.773 bits per heavy atom. The largest absolute Gasteiger partial charge is 0.489 e. The molecule has 0 radical (unpaired) electrons. The van der Waals surface area contributed by atoms with E-state index in [0.717, 1.165) is 32.4 Å². The second kappa shape index (κ2) is 12.5. The SMILES string of the molecule is Cc1ccc2ccccc2c1COc1ccccc1/C=C1\C(=O)NC(=O)N(c2ccc(OCc3ccc(Cl)cc3)cc2)C1=O. The lowest BCUT2D eigenvalue weighted by Gasteiger charge is -2.26. The highest BCUT2D eigenvalue weighted by molar-refractivity contribution is 6.39. The van der Waals surface area contributed by atoms with Crippen molar-refractivity contribution in [1.82, 2.24) is 5.32 Å². The zero-order valence-electron chi connectivity index (χ0n) is 23.8. The molecule has 0 saturated carbocycles. The Morgan fingerprint density at radius 2 is 1.50 bits per heavy atom. The summed E-state index contributed by atoms with van der Waals surface area (Å²) in [7, 11) is 0. The molecule has 5 aromatic carbocycles. The second-order valence-corrected chi connectivity index (χ2v) is 10.7. The Morgan fingerprint density at radius 3 is 2.30 bits per heavy atom. The Labute approximate surface area is 259 Å². The fourth-order valence-electron chi connectivity index (χ4n) is 5.00. The topological polar surface area (TPSA) is 84.9 Å². The lowest BCUT2D eigenvalue weighted by atomic mass is 10.0. The maximum absolute atomic E-state index is 13.5. The van der Waals surface area contributed by atoms with Crippen molar-refractivity contribution < 1.29 is 23.9 Å². The molecule has 7 nitrogen and oxygen atoms in total. The van der Waals surface area contributed by atoms with E-state index < -0.39 is 17.8 Å². The van der Waals surface area contributed by atoms with Crippen molar-refractivity contribution in [2.75, 3.05) is 4.90 Å². The number of imide groups is 2. The van der Waals surface area contributed by atoms with Crippen LogP contribution in [0.25, 0.3) is 16.8 Å². The van der Waals surface area contributed by atoms with Gasteiger partial charge < -0.3 is 9.47 Å². The summed E-state index contributed by atoms with van der Waals surface area (Å²) in [5.74, 6) is -0.473. The highest BCUT2D eigenvalue weighted by Gasteiger charge is 2.37. The molecule has 1 fully saturated rings. The van der Waals surface area contributed by atoms with Crippen molar-refractivity contribution in [3.05, 3.63) is 142 Å². The van der Waals surface area contributed by atoms with E-state index in [2.05, 4.69) is 29.6 Å². The summed E-state index contributed by atoms with van der Waals surface area (Å²) in [5.41, 5.74) is 3.72. The second-order valence-electron chi connectivity index (χ2n) is 10.3. The predicted octanol–water partition coefficient (Wildman–Crippen LogP) is 7.63. The van der Waals surface area contributed by atoms with Gasteiger partial charge in [0.25, 0.3) is 11.8 Å². The normalized spacial score (nSPS) is 14.2. The molecule has 8 heteroatoms. The number of nitrogens with zero attached hydrogens (tertiary/aromatic N) is 1. The molecule has 1 N–H and O–H groups in total. The maximum atomic E-state index is 13.5. The van der Waals surface area contributed by atoms with Gasteiger partial charge in [0, 0.05) is 16.1 Å². The van der Waals surface area contributed by atoms with E-state index in [1.165, 1.54) is 6.08 Å². The van der Waals surface area contributed by atoms with Gasteiger partial charge in [-0.05, 0) is 77.4 Å². The number of anilines is 1. The first-order valence-corrected chi connectivity index (χ1v) is 14.3. The Bertz CT molecular complexity index is 1920. The molecule has 1 aliphatic heterocycles. The summed E-state index contributed by atoms with van der Waals surface area (Å²) < 4.78 is 12.1. The monoisotopic (exact) mass is 602 g/mol. The maximum Gasteiger partial charge on any atom is 0.335 e. The number of carbonyl (C=O) groups excluding carboxylic acids is 3. The third-order valence-electron chi connectivity index (χ3n) is 7.38. The van der Waals surface area contributed by atoms with Crippen LogP contribution in [0.5, 0.6) is 11.5 Å². The van der Waals surface area contributed by atoms with Gasteiger partial charge in [-0.2, -0.15) is 0 Å². The Balaban J connectivity index is 1.21. The average Bonchev–Trinajstić information content (AvgIpc) is 3.03. The molecule has 0 unspecified atom stereocenters. The van der Waals surface area contributed by atoms with Crippen LogP contribution in [0.2, 0.25) is 5.02 Å². The molecule has 0 aromatic heterocycles. The Hall–Kier alpha value is -5.40. The van der Waals surface area contributed by atoms with Crippen LogP contribution < -0.4 is 19.7 Å². The number of ether oxygens (including phenoxy) is 2. The van der Waals surface area contributed by atoms with Gasteiger partial charge in [-0.3, -0.25) is 14.9 Å². The third kappa shape index (κ3) is 6.04. The Kier molecular flexibility index (Phi) is 8.12. The fraction of sp³-hybridized carbons (Fsp3) is 0.0833.